The molecule has 184 valence electrons. The van der Waals surface area contributed by atoms with Gasteiger partial charge in [-0.25, -0.2) is 8.42 Å². The number of hydrogen-bond acceptors (Lipinski definition) is 4. The molecular weight excluding hydrogens is 470 g/mol. The van der Waals surface area contributed by atoms with Crippen molar-refractivity contribution >= 4 is 21.6 Å². The number of carbonyl (C=O) groups is 1. The molecule has 0 aliphatic heterocycles. The van der Waals surface area contributed by atoms with Crippen LogP contribution in [0.25, 0.3) is 11.1 Å². The second-order valence-electron chi connectivity index (χ2n) is 8.59. The van der Waals surface area contributed by atoms with E-state index in [4.69, 9.17) is 4.74 Å². The molecular formula is C30H29NO4S. The minimum Gasteiger partial charge on any atom is -0.481 e. The van der Waals surface area contributed by atoms with Crippen molar-refractivity contribution < 1.29 is 17.9 Å². The Morgan fingerprint density at radius 3 is 1.97 bits per heavy atom. The zero-order valence-corrected chi connectivity index (χ0v) is 21.4. The highest BCUT2D eigenvalue weighted by Crippen LogP contribution is 2.27. The van der Waals surface area contributed by atoms with Crippen LogP contribution in [0.1, 0.15) is 25.0 Å². The Morgan fingerprint density at radius 2 is 1.39 bits per heavy atom. The molecule has 0 aliphatic rings. The number of carbonyl (C=O) groups excluding carboxylic acids is 1. The van der Waals surface area contributed by atoms with Crippen LogP contribution in [0, 0.1) is 6.92 Å². The second-order valence-corrected chi connectivity index (χ2v) is 10.4. The maximum absolute atomic E-state index is 13.6. The van der Waals surface area contributed by atoms with E-state index >= 15 is 0 Å². The van der Waals surface area contributed by atoms with E-state index in [-0.39, 0.29) is 10.6 Å². The van der Waals surface area contributed by atoms with E-state index in [9.17, 15) is 13.2 Å². The summed E-state index contributed by atoms with van der Waals surface area (Å²) < 4.78 is 34.1. The van der Waals surface area contributed by atoms with Gasteiger partial charge in [0, 0.05) is 0 Å². The Balaban J connectivity index is 1.63. The van der Waals surface area contributed by atoms with Gasteiger partial charge < -0.3 is 4.74 Å². The predicted molar refractivity (Wildman–Crippen MR) is 144 cm³/mol. The van der Waals surface area contributed by atoms with Gasteiger partial charge in [0.05, 0.1) is 10.6 Å². The van der Waals surface area contributed by atoms with E-state index in [2.05, 4.69) is 0 Å². The van der Waals surface area contributed by atoms with Crippen molar-refractivity contribution in [3.05, 3.63) is 114 Å². The van der Waals surface area contributed by atoms with Gasteiger partial charge in [0.2, 0.25) is 0 Å². The number of hydrogen-bond donors (Lipinski definition) is 0. The van der Waals surface area contributed by atoms with E-state index in [1.165, 1.54) is 12.1 Å². The summed E-state index contributed by atoms with van der Waals surface area (Å²) in [7, 11) is -4.17. The van der Waals surface area contributed by atoms with Crippen molar-refractivity contribution in [2.24, 2.45) is 0 Å². The number of anilines is 1. The van der Waals surface area contributed by atoms with Crippen LogP contribution >= 0.6 is 0 Å². The van der Waals surface area contributed by atoms with Gasteiger partial charge in [0.25, 0.3) is 15.9 Å². The van der Waals surface area contributed by atoms with Crippen LogP contribution < -0.4 is 9.04 Å². The highest BCUT2D eigenvalue weighted by molar-refractivity contribution is 7.93. The minimum absolute atomic E-state index is 0.0421. The number of aryl methyl sites for hydroxylation is 2. The van der Waals surface area contributed by atoms with Crippen molar-refractivity contribution in [3.63, 3.8) is 0 Å². The molecule has 0 heterocycles. The van der Waals surface area contributed by atoms with E-state index < -0.39 is 22.0 Å². The van der Waals surface area contributed by atoms with Crippen LogP contribution in [-0.2, 0) is 21.2 Å². The number of benzene rings is 4. The van der Waals surface area contributed by atoms with Crippen LogP contribution in [-0.4, -0.2) is 20.4 Å². The fraction of sp³-hybridized carbons (Fsp3) is 0.167. The van der Waals surface area contributed by atoms with Crippen LogP contribution in [0.2, 0.25) is 0 Å². The van der Waals surface area contributed by atoms with Crippen LogP contribution in [0.3, 0.4) is 0 Å². The molecule has 6 heteroatoms. The van der Waals surface area contributed by atoms with Crippen molar-refractivity contribution in [2.45, 2.75) is 38.2 Å². The molecule has 0 radical (unpaired) electrons. The third-order valence-corrected chi connectivity index (χ3v) is 7.70. The summed E-state index contributed by atoms with van der Waals surface area (Å²) in [5.74, 6) is -0.198. The Bertz CT molecular complexity index is 1410. The Labute approximate surface area is 213 Å². The molecule has 36 heavy (non-hydrogen) atoms. The monoisotopic (exact) mass is 499 g/mol. The fourth-order valence-corrected chi connectivity index (χ4v) is 5.32. The summed E-state index contributed by atoms with van der Waals surface area (Å²) in [6.45, 7) is 5.45. The normalized spacial score (nSPS) is 12.1. The molecule has 1 amide bonds. The number of nitrogens with zero attached hydrogens (tertiary/aromatic N) is 1. The molecule has 0 aliphatic carbocycles. The minimum atomic E-state index is -4.17. The molecule has 0 saturated heterocycles. The average Bonchev–Trinajstić information content (AvgIpc) is 2.90. The van der Waals surface area contributed by atoms with Crippen LogP contribution in [0.15, 0.2) is 108 Å². The molecule has 5 nitrogen and oxygen atoms in total. The molecule has 0 spiro atoms. The third-order valence-electron chi connectivity index (χ3n) is 5.96. The first kappa shape index (κ1) is 25.2. The quantitative estimate of drug-likeness (QED) is 0.281. The van der Waals surface area contributed by atoms with E-state index in [1.807, 2.05) is 68.4 Å². The maximum atomic E-state index is 13.6. The highest BCUT2D eigenvalue weighted by atomic mass is 32.2. The summed E-state index contributed by atoms with van der Waals surface area (Å²) in [5.41, 5.74) is 4.32. The van der Waals surface area contributed by atoms with Gasteiger partial charge in [-0.15, -0.1) is 0 Å². The number of sulfonamides is 1. The van der Waals surface area contributed by atoms with Crippen molar-refractivity contribution in [1.29, 1.82) is 0 Å². The second kappa shape index (κ2) is 10.8. The van der Waals surface area contributed by atoms with E-state index in [1.54, 1.807) is 43.3 Å². The molecule has 0 bridgehead atoms. The zero-order chi connectivity index (χ0) is 25.7. The molecule has 4 aromatic carbocycles. The summed E-state index contributed by atoms with van der Waals surface area (Å²) >= 11 is 0. The molecule has 0 aromatic heterocycles. The van der Waals surface area contributed by atoms with Gasteiger partial charge in [-0.2, -0.15) is 4.31 Å². The lowest BCUT2D eigenvalue weighted by molar-refractivity contribution is -0.123. The number of amides is 1. The lowest BCUT2D eigenvalue weighted by Crippen LogP contribution is -2.44. The summed E-state index contributed by atoms with van der Waals surface area (Å²) in [5, 5.41) is 0. The molecule has 1 unspecified atom stereocenters. The molecule has 4 rings (SSSR count). The van der Waals surface area contributed by atoms with Gasteiger partial charge in [0.15, 0.2) is 6.10 Å². The van der Waals surface area contributed by atoms with Crippen LogP contribution in [0.5, 0.6) is 5.75 Å². The number of rotatable bonds is 8. The molecule has 1 atom stereocenters. The highest BCUT2D eigenvalue weighted by Gasteiger charge is 2.34. The number of ether oxygens (including phenoxy) is 1. The molecule has 0 saturated carbocycles. The lowest BCUT2D eigenvalue weighted by Gasteiger charge is -2.26. The largest absolute Gasteiger partial charge is 0.481 e. The van der Waals surface area contributed by atoms with E-state index in [0.717, 1.165) is 33.0 Å². The van der Waals surface area contributed by atoms with Gasteiger partial charge in [-0.1, -0.05) is 79.2 Å². The maximum Gasteiger partial charge on any atom is 0.281 e. The Hall–Kier alpha value is -3.90. The van der Waals surface area contributed by atoms with Gasteiger partial charge in [-0.3, -0.25) is 4.79 Å². The average molecular weight is 500 g/mol. The smallest absolute Gasteiger partial charge is 0.281 e. The SMILES string of the molecule is CCc1ccc(N(C(=O)C(C)Oc2ccc(-c3ccccc3)cc2)S(=O)(=O)c2ccc(C)cc2)cc1. The lowest BCUT2D eigenvalue weighted by atomic mass is 10.1. The molecule has 4 aromatic rings. The summed E-state index contributed by atoms with van der Waals surface area (Å²) in [4.78, 5) is 13.6. The van der Waals surface area contributed by atoms with Gasteiger partial charge in [-0.05, 0) is 73.4 Å². The summed E-state index contributed by atoms with van der Waals surface area (Å²) in [6.07, 6.45) is -0.240. The third kappa shape index (κ3) is 5.50. The zero-order valence-electron chi connectivity index (χ0n) is 20.6. The summed E-state index contributed by atoms with van der Waals surface area (Å²) in [6, 6.07) is 30.7. The standard InChI is InChI=1S/C30H29NO4S/c1-4-24-12-16-27(17-13-24)31(36(33,34)29-20-10-22(2)11-21-29)30(32)23(3)35-28-18-14-26(15-19-28)25-8-6-5-7-9-25/h5-21,23H,4H2,1-3H3. The Morgan fingerprint density at radius 1 is 0.806 bits per heavy atom. The van der Waals surface area contributed by atoms with Crippen molar-refractivity contribution in [2.75, 3.05) is 4.31 Å². The first-order valence-corrected chi connectivity index (χ1v) is 13.3. The first-order chi connectivity index (χ1) is 17.3. The first-order valence-electron chi connectivity index (χ1n) is 11.9. The topological polar surface area (TPSA) is 63.7 Å². The van der Waals surface area contributed by atoms with Gasteiger partial charge >= 0.3 is 0 Å². The molecule has 0 fully saturated rings. The van der Waals surface area contributed by atoms with Gasteiger partial charge in [0.1, 0.15) is 5.75 Å². The van der Waals surface area contributed by atoms with E-state index in [0.29, 0.717) is 5.75 Å². The molecule has 0 N–H and O–H groups in total. The van der Waals surface area contributed by atoms with Crippen LogP contribution in [0.4, 0.5) is 5.69 Å². The van der Waals surface area contributed by atoms with Crippen molar-refractivity contribution in [1.82, 2.24) is 0 Å². The fourth-order valence-electron chi connectivity index (χ4n) is 3.84. The predicted octanol–water partition coefficient (Wildman–Crippen LogP) is 6.41. The Kier molecular flexibility index (Phi) is 7.55. The van der Waals surface area contributed by atoms with Crippen molar-refractivity contribution in [3.8, 4) is 16.9 Å².